The number of anilines is 1. The number of nitrogens with zero attached hydrogens (tertiary/aromatic N) is 2. The smallest absolute Gasteiger partial charge is 0.254 e. The van der Waals surface area contributed by atoms with Crippen LogP contribution in [0.4, 0.5) is 5.82 Å². The number of carbonyl (C=O) groups is 1. The van der Waals surface area contributed by atoms with Gasteiger partial charge in [-0.2, -0.15) is 0 Å². The number of aromatic nitrogens is 2. The average molecular weight is 272 g/mol. The minimum Gasteiger partial charge on any atom is -0.481 e. The molecular formula is C14H16N4O2. The number of hydrogen-bond acceptors (Lipinski definition) is 5. The van der Waals surface area contributed by atoms with E-state index in [1.807, 2.05) is 12.1 Å². The normalized spacial score (nSPS) is 9.90. The molecule has 6 heteroatoms. The van der Waals surface area contributed by atoms with Gasteiger partial charge in [-0.15, -0.1) is 0 Å². The molecule has 0 saturated heterocycles. The van der Waals surface area contributed by atoms with Crippen LogP contribution < -0.4 is 15.4 Å². The van der Waals surface area contributed by atoms with E-state index in [9.17, 15) is 4.79 Å². The molecule has 20 heavy (non-hydrogen) atoms. The Morgan fingerprint density at radius 2 is 2.15 bits per heavy atom. The van der Waals surface area contributed by atoms with E-state index in [-0.39, 0.29) is 5.91 Å². The Morgan fingerprint density at radius 1 is 1.30 bits per heavy atom. The lowest BCUT2D eigenvalue weighted by Crippen LogP contribution is -2.20. The summed E-state index contributed by atoms with van der Waals surface area (Å²) in [5, 5.41) is 5.73. The number of pyridine rings is 2. The SMILES string of the molecule is CNC(=O)c1cccnc1NCc1ccnc(OC)c1. The van der Waals surface area contributed by atoms with Gasteiger partial charge >= 0.3 is 0 Å². The Labute approximate surface area is 117 Å². The summed E-state index contributed by atoms with van der Waals surface area (Å²) in [4.78, 5) is 20.0. The second-order valence-corrected chi connectivity index (χ2v) is 4.04. The molecule has 1 amide bonds. The van der Waals surface area contributed by atoms with Crippen LogP contribution in [0.15, 0.2) is 36.7 Å². The highest BCUT2D eigenvalue weighted by atomic mass is 16.5. The van der Waals surface area contributed by atoms with Gasteiger partial charge in [0.25, 0.3) is 5.91 Å². The first-order valence-corrected chi connectivity index (χ1v) is 6.14. The largest absolute Gasteiger partial charge is 0.481 e. The molecule has 0 saturated carbocycles. The fraction of sp³-hybridized carbons (Fsp3) is 0.214. The maximum Gasteiger partial charge on any atom is 0.254 e. The van der Waals surface area contributed by atoms with Crippen molar-refractivity contribution in [1.29, 1.82) is 0 Å². The van der Waals surface area contributed by atoms with Crippen LogP contribution in [-0.4, -0.2) is 30.0 Å². The molecule has 0 bridgehead atoms. The molecule has 2 rings (SSSR count). The van der Waals surface area contributed by atoms with Crippen LogP contribution in [0.3, 0.4) is 0 Å². The predicted molar refractivity (Wildman–Crippen MR) is 75.7 cm³/mol. The molecule has 0 fully saturated rings. The van der Waals surface area contributed by atoms with Crippen LogP contribution >= 0.6 is 0 Å². The first kappa shape index (κ1) is 13.8. The monoisotopic (exact) mass is 272 g/mol. The first-order valence-electron chi connectivity index (χ1n) is 6.14. The van der Waals surface area contributed by atoms with Gasteiger partial charge in [-0.1, -0.05) is 0 Å². The quantitative estimate of drug-likeness (QED) is 0.861. The van der Waals surface area contributed by atoms with Crippen molar-refractivity contribution in [2.24, 2.45) is 0 Å². The van der Waals surface area contributed by atoms with Gasteiger partial charge in [-0.3, -0.25) is 4.79 Å². The first-order chi connectivity index (χ1) is 9.74. The van der Waals surface area contributed by atoms with E-state index >= 15 is 0 Å². The molecule has 2 N–H and O–H groups in total. The second kappa shape index (κ2) is 6.51. The summed E-state index contributed by atoms with van der Waals surface area (Å²) in [7, 11) is 3.16. The highest BCUT2D eigenvalue weighted by molar-refractivity contribution is 5.98. The van der Waals surface area contributed by atoms with Crippen LogP contribution in [0.2, 0.25) is 0 Å². The van der Waals surface area contributed by atoms with Crippen LogP contribution in [0.25, 0.3) is 0 Å². The van der Waals surface area contributed by atoms with Crippen molar-refractivity contribution in [3.05, 3.63) is 47.8 Å². The summed E-state index contributed by atoms with van der Waals surface area (Å²) in [6.07, 6.45) is 3.32. The van der Waals surface area contributed by atoms with E-state index in [4.69, 9.17) is 4.74 Å². The predicted octanol–water partition coefficient (Wildman–Crippen LogP) is 1.46. The maximum atomic E-state index is 11.7. The maximum absolute atomic E-state index is 11.7. The van der Waals surface area contributed by atoms with Gasteiger partial charge < -0.3 is 15.4 Å². The fourth-order valence-electron chi connectivity index (χ4n) is 1.72. The molecule has 0 unspecified atom stereocenters. The molecule has 0 spiro atoms. The summed E-state index contributed by atoms with van der Waals surface area (Å²) in [6.45, 7) is 0.528. The van der Waals surface area contributed by atoms with Gasteiger partial charge in [-0.05, 0) is 23.8 Å². The summed E-state index contributed by atoms with van der Waals surface area (Å²) >= 11 is 0. The van der Waals surface area contributed by atoms with Crippen LogP contribution in [-0.2, 0) is 6.54 Å². The highest BCUT2D eigenvalue weighted by Crippen LogP contribution is 2.14. The lowest BCUT2D eigenvalue weighted by atomic mass is 10.2. The zero-order valence-electron chi connectivity index (χ0n) is 11.4. The van der Waals surface area contributed by atoms with E-state index in [1.165, 1.54) is 0 Å². The topological polar surface area (TPSA) is 76.1 Å². The van der Waals surface area contributed by atoms with Crippen molar-refractivity contribution >= 4 is 11.7 Å². The fourth-order valence-corrected chi connectivity index (χ4v) is 1.72. The van der Waals surface area contributed by atoms with E-state index < -0.39 is 0 Å². The average Bonchev–Trinajstić information content (AvgIpc) is 2.52. The Bertz CT molecular complexity index is 601. The van der Waals surface area contributed by atoms with Gasteiger partial charge in [0.15, 0.2) is 0 Å². The van der Waals surface area contributed by atoms with Crippen molar-refractivity contribution in [1.82, 2.24) is 15.3 Å². The number of nitrogens with one attached hydrogen (secondary N) is 2. The van der Waals surface area contributed by atoms with Gasteiger partial charge in [0.1, 0.15) is 5.82 Å². The van der Waals surface area contributed by atoms with Gasteiger partial charge in [0.2, 0.25) is 5.88 Å². The van der Waals surface area contributed by atoms with Crippen molar-refractivity contribution in [2.75, 3.05) is 19.5 Å². The van der Waals surface area contributed by atoms with Crippen molar-refractivity contribution < 1.29 is 9.53 Å². The number of ether oxygens (including phenoxy) is 1. The van der Waals surface area contributed by atoms with Gasteiger partial charge in [0.05, 0.1) is 12.7 Å². The number of methoxy groups -OCH3 is 1. The van der Waals surface area contributed by atoms with Crippen molar-refractivity contribution in [2.45, 2.75) is 6.54 Å². The number of hydrogen-bond donors (Lipinski definition) is 2. The Kier molecular flexibility index (Phi) is 4.49. The molecule has 104 valence electrons. The number of carbonyl (C=O) groups excluding carboxylic acids is 1. The van der Waals surface area contributed by atoms with E-state index in [0.717, 1.165) is 5.56 Å². The van der Waals surface area contributed by atoms with Gasteiger partial charge in [0, 0.05) is 32.1 Å². The van der Waals surface area contributed by atoms with Crippen molar-refractivity contribution in [3.8, 4) is 5.88 Å². The molecule has 0 radical (unpaired) electrons. The molecule has 0 aromatic carbocycles. The van der Waals surface area contributed by atoms with E-state index in [2.05, 4.69) is 20.6 Å². The Hall–Kier alpha value is -2.63. The van der Waals surface area contributed by atoms with E-state index in [1.54, 1.807) is 38.7 Å². The molecule has 6 nitrogen and oxygen atoms in total. The number of amides is 1. The molecule has 0 aliphatic rings. The molecular weight excluding hydrogens is 256 g/mol. The summed E-state index contributed by atoms with van der Waals surface area (Å²) in [5.41, 5.74) is 1.50. The zero-order valence-corrected chi connectivity index (χ0v) is 11.4. The van der Waals surface area contributed by atoms with Crippen molar-refractivity contribution in [3.63, 3.8) is 0 Å². The third-order valence-electron chi connectivity index (χ3n) is 2.75. The molecule has 0 aliphatic heterocycles. The molecule has 2 aromatic heterocycles. The Morgan fingerprint density at radius 3 is 2.90 bits per heavy atom. The van der Waals surface area contributed by atoms with E-state index in [0.29, 0.717) is 23.8 Å². The van der Waals surface area contributed by atoms with Crippen LogP contribution in [0, 0.1) is 0 Å². The number of rotatable bonds is 5. The Balaban J connectivity index is 2.12. The lowest BCUT2D eigenvalue weighted by Gasteiger charge is -2.10. The summed E-state index contributed by atoms with van der Waals surface area (Å²) < 4.78 is 5.07. The third-order valence-corrected chi connectivity index (χ3v) is 2.75. The lowest BCUT2D eigenvalue weighted by molar-refractivity contribution is 0.0963. The molecule has 0 aliphatic carbocycles. The summed E-state index contributed by atoms with van der Waals surface area (Å²) in [6, 6.07) is 7.15. The second-order valence-electron chi connectivity index (χ2n) is 4.04. The molecule has 2 aromatic rings. The molecule has 0 atom stereocenters. The minimum atomic E-state index is -0.173. The molecule has 2 heterocycles. The van der Waals surface area contributed by atoms with Gasteiger partial charge in [-0.25, -0.2) is 9.97 Å². The summed E-state index contributed by atoms with van der Waals surface area (Å²) in [5.74, 6) is 0.924. The minimum absolute atomic E-state index is 0.173. The highest BCUT2D eigenvalue weighted by Gasteiger charge is 2.10. The third kappa shape index (κ3) is 3.23. The zero-order chi connectivity index (χ0) is 14.4. The standard InChI is InChI=1S/C14H16N4O2/c1-15-14(19)11-4-3-6-17-13(11)18-9-10-5-7-16-12(8-10)20-2/h3-8H,9H2,1-2H3,(H,15,19)(H,17,18). The van der Waals surface area contributed by atoms with Crippen LogP contribution in [0.5, 0.6) is 5.88 Å². The van der Waals surface area contributed by atoms with Crippen LogP contribution in [0.1, 0.15) is 15.9 Å².